The molecule has 0 aliphatic rings. The second-order valence-corrected chi connectivity index (χ2v) is 3.98. The van der Waals surface area contributed by atoms with Gasteiger partial charge in [0.25, 0.3) is 0 Å². The van der Waals surface area contributed by atoms with Crippen LogP contribution in [0.4, 0.5) is 5.69 Å². The van der Waals surface area contributed by atoms with Gasteiger partial charge in [-0.05, 0) is 24.6 Å². The third kappa shape index (κ3) is 2.78. The number of nitrogens with one attached hydrogen (secondary N) is 1. The molecule has 2 heteroatoms. The van der Waals surface area contributed by atoms with Gasteiger partial charge in [-0.3, -0.25) is 0 Å². The third-order valence-electron chi connectivity index (χ3n) is 2.78. The van der Waals surface area contributed by atoms with Gasteiger partial charge in [-0.25, -0.2) is 0 Å². The first-order chi connectivity index (χ1) is 8.31. The minimum atomic E-state index is 0.257. The first kappa shape index (κ1) is 11.5. The normalized spacial score (nSPS) is 11.9. The highest BCUT2D eigenvalue weighted by atomic mass is 16.5. The molecule has 2 aromatic rings. The molecule has 2 aromatic carbocycles. The lowest BCUT2D eigenvalue weighted by atomic mass is 10.1. The number of benzene rings is 2. The van der Waals surface area contributed by atoms with Gasteiger partial charge in [0, 0.05) is 6.04 Å². The van der Waals surface area contributed by atoms with E-state index in [1.807, 2.05) is 30.3 Å². The molecule has 1 N–H and O–H groups in total. The quantitative estimate of drug-likeness (QED) is 0.856. The van der Waals surface area contributed by atoms with Crippen molar-refractivity contribution in [3.8, 4) is 5.75 Å². The van der Waals surface area contributed by atoms with Gasteiger partial charge < -0.3 is 10.1 Å². The van der Waals surface area contributed by atoms with E-state index in [1.165, 1.54) is 5.56 Å². The Morgan fingerprint density at radius 2 is 1.59 bits per heavy atom. The first-order valence-electron chi connectivity index (χ1n) is 5.76. The molecule has 2 rings (SSSR count). The predicted octanol–water partition coefficient (Wildman–Crippen LogP) is 3.87. The molecule has 0 saturated carbocycles. The number of ether oxygens (including phenoxy) is 1. The summed E-state index contributed by atoms with van der Waals surface area (Å²) in [5, 5.41) is 3.45. The Morgan fingerprint density at radius 3 is 2.29 bits per heavy atom. The van der Waals surface area contributed by atoms with Gasteiger partial charge in [-0.15, -0.1) is 0 Å². The van der Waals surface area contributed by atoms with E-state index < -0.39 is 0 Å². The maximum absolute atomic E-state index is 5.32. The maximum atomic E-state index is 5.32. The van der Waals surface area contributed by atoms with Crippen LogP contribution in [-0.2, 0) is 0 Å². The molecule has 0 amide bonds. The average molecular weight is 227 g/mol. The molecular weight excluding hydrogens is 210 g/mol. The summed E-state index contributed by atoms with van der Waals surface area (Å²) in [6, 6.07) is 18.6. The lowest BCUT2D eigenvalue weighted by Gasteiger charge is -2.17. The summed E-state index contributed by atoms with van der Waals surface area (Å²) in [5.74, 6) is 0.871. The number of anilines is 1. The van der Waals surface area contributed by atoms with Crippen LogP contribution in [0.2, 0.25) is 0 Å². The molecule has 1 atom stereocenters. The zero-order valence-electron chi connectivity index (χ0n) is 10.2. The van der Waals surface area contributed by atoms with Crippen LogP contribution in [0, 0.1) is 0 Å². The van der Waals surface area contributed by atoms with Crippen LogP contribution in [-0.4, -0.2) is 7.11 Å². The van der Waals surface area contributed by atoms with Gasteiger partial charge in [0.15, 0.2) is 0 Å². The first-order valence-corrected chi connectivity index (χ1v) is 5.76. The molecule has 0 fully saturated rings. The van der Waals surface area contributed by atoms with Crippen LogP contribution >= 0.6 is 0 Å². The van der Waals surface area contributed by atoms with E-state index in [-0.39, 0.29) is 6.04 Å². The number of hydrogen-bond donors (Lipinski definition) is 1. The molecule has 17 heavy (non-hydrogen) atoms. The Bertz CT molecular complexity index is 467. The monoisotopic (exact) mass is 227 g/mol. The molecule has 88 valence electrons. The van der Waals surface area contributed by atoms with Crippen molar-refractivity contribution in [1.29, 1.82) is 0 Å². The van der Waals surface area contributed by atoms with Gasteiger partial charge in [-0.2, -0.15) is 0 Å². The molecule has 0 aliphatic heterocycles. The molecule has 0 spiro atoms. The summed E-state index contributed by atoms with van der Waals surface area (Å²) in [4.78, 5) is 0. The van der Waals surface area contributed by atoms with Crippen LogP contribution in [0.1, 0.15) is 18.5 Å². The highest BCUT2D eigenvalue weighted by molar-refractivity contribution is 5.57. The molecule has 0 saturated heterocycles. The van der Waals surface area contributed by atoms with Crippen molar-refractivity contribution in [2.24, 2.45) is 0 Å². The third-order valence-corrected chi connectivity index (χ3v) is 2.78. The Morgan fingerprint density at radius 1 is 0.941 bits per heavy atom. The summed E-state index contributed by atoms with van der Waals surface area (Å²) >= 11 is 0. The topological polar surface area (TPSA) is 21.3 Å². The molecule has 0 aromatic heterocycles. The summed E-state index contributed by atoms with van der Waals surface area (Å²) < 4.78 is 5.32. The molecule has 2 nitrogen and oxygen atoms in total. The van der Waals surface area contributed by atoms with Crippen molar-refractivity contribution in [2.45, 2.75) is 13.0 Å². The van der Waals surface area contributed by atoms with Crippen LogP contribution in [0.3, 0.4) is 0 Å². The van der Waals surface area contributed by atoms with Gasteiger partial charge in [-0.1, -0.05) is 42.5 Å². The van der Waals surface area contributed by atoms with E-state index in [2.05, 4.69) is 36.5 Å². The molecule has 0 unspecified atom stereocenters. The Balaban J connectivity index is 2.16. The fraction of sp³-hybridized carbons (Fsp3) is 0.200. The van der Waals surface area contributed by atoms with Crippen molar-refractivity contribution in [3.63, 3.8) is 0 Å². The second kappa shape index (κ2) is 5.39. The molecule has 0 aliphatic carbocycles. The minimum Gasteiger partial charge on any atom is -0.495 e. The Labute approximate surface area is 102 Å². The lowest BCUT2D eigenvalue weighted by Crippen LogP contribution is -2.07. The highest BCUT2D eigenvalue weighted by Gasteiger charge is 2.07. The zero-order chi connectivity index (χ0) is 12.1. The van der Waals surface area contributed by atoms with Crippen molar-refractivity contribution in [1.82, 2.24) is 0 Å². The van der Waals surface area contributed by atoms with Crippen molar-refractivity contribution >= 4 is 5.69 Å². The summed E-state index contributed by atoms with van der Waals surface area (Å²) in [6.45, 7) is 2.14. The Hall–Kier alpha value is -1.96. The van der Waals surface area contributed by atoms with E-state index in [0.717, 1.165) is 11.4 Å². The fourth-order valence-electron chi connectivity index (χ4n) is 1.82. The highest BCUT2D eigenvalue weighted by Crippen LogP contribution is 2.27. The number of methoxy groups -OCH3 is 1. The number of rotatable bonds is 4. The largest absolute Gasteiger partial charge is 0.495 e. The van der Waals surface area contributed by atoms with Crippen molar-refractivity contribution < 1.29 is 4.74 Å². The van der Waals surface area contributed by atoms with E-state index in [9.17, 15) is 0 Å². The van der Waals surface area contributed by atoms with Crippen LogP contribution in [0.5, 0.6) is 5.75 Å². The van der Waals surface area contributed by atoms with Gasteiger partial charge in [0.1, 0.15) is 5.75 Å². The van der Waals surface area contributed by atoms with Gasteiger partial charge >= 0.3 is 0 Å². The van der Waals surface area contributed by atoms with E-state index in [1.54, 1.807) is 7.11 Å². The van der Waals surface area contributed by atoms with E-state index in [4.69, 9.17) is 4.74 Å². The number of para-hydroxylation sites is 2. The van der Waals surface area contributed by atoms with Crippen LogP contribution in [0.25, 0.3) is 0 Å². The minimum absolute atomic E-state index is 0.257. The van der Waals surface area contributed by atoms with Gasteiger partial charge in [0.05, 0.1) is 12.8 Å². The Kier molecular flexibility index (Phi) is 3.66. The standard InChI is InChI=1S/C15H17NO/c1-12(13-8-4-3-5-9-13)16-14-10-6-7-11-15(14)17-2/h3-12,16H,1-2H3/t12-/m1/s1. The second-order valence-electron chi connectivity index (χ2n) is 3.98. The maximum Gasteiger partial charge on any atom is 0.141 e. The predicted molar refractivity (Wildman–Crippen MR) is 71.5 cm³/mol. The van der Waals surface area contributed by atoms with E-state index in [0.29, 0.717) is 0 Å². The lowest BCUT2D eigenvalue weighted by molar-refractivity contribution is 0.416. The summed E-state index contributed by atoms with van der Waals surface area (Å²) in [5.41, 5.74) is 2.28. The van der Waals surface area contributed by atoms with Gasteiger partial charge in [0.2, 0.25) is 0 Å². The van der Waals surface area contributed by atoms with E-state index >= 15 is 0 Å². The number of hydrogen-bond acceptors (Lipinski definition) is 2. The molecular formula is C15H17NO. The molecule has 0 bridgehead atoms. The molecule has 0 heterocycles. The van der Waals surface area contributed by atoms with Crippen LogP contribution < -0.4 is 10.1 Å². The van der Waals surface area contributed by atoms with Crippen molar-refractivity contribution in [3.05, 3.63) is 60.2 Å². The summed E-state index contributed by atoms with van der Waals surface area (Å²) in [6.07, 6.45) is 0. The van der Waals surface area contributed by atoms with Crippen molar-refractivity contribution in [2.75, 3.05) is 12.4 Å². The zero-order valence-corrected chi connectivity index (χ0v) is 10.2. The SMILES string of the molecule is COc1ccccc1N[C@H](C)c1ccccc1. The van der Waals surface area contributed by atoms with Crippen LogP contribution in [0.15, 0.2) is 54.6 Å². The smallest absolute Gasteiger partial charge is 0.141 e. The summed E-state index contributed by atoms with van der Waals surface area (Å²) in [7, 11) is 1.69. The fourth-order valence-corrected chi connectivity index (χ4v) is 1.82. The average Bonchev–Trinajstić information content (AvgIpc) is 2.40. The molecule has 0 radical (unpaired) electrons.